The van der Waals surface area contributed by atoms with Crippen molar-refractivity contribution in [3.63, 3.8) is 0 Å². The molecule has 0 spiro atoms. The summed E-state index contributed by atoms with van der Waals surface area (Å²) in [6, 6.07) is 3.30. The maximum Gasteiger partial charge on any atom is 0.329 e. The number of quaternary nitrogens is 1. The third-order valence-electron chi connectivity index (χ3n) is 3.32. The molecule has 3 nitrogen and oxygen atoms in total. The van der Waals surface area contributed by atoms with Crippen LogP contribution in [0.15, 0.2) is 18.2 Å². The molecule has 98 valence electrons. The van der Waals surface area contributed by atoms with Crippen molar-refractivity contribution in [2.24, 2.45) is 5.92 Å². The first-order valence-corrected chi connectivity index (χ1v) is 5.96. The Hall–Kier alpha value is -1.33. The summed E-state index contributed by atoms with van der Waals surface area (Å²) >= 11 is 0. The van der Waals surface area contributed by atoms with E-state index in [0.717, 1.165) is 6.07 Å². The van der Waals surface area contributed by atoms with Crippen molar-refractivity contribution in [2.45, 2.75) is 13.8 Å². The van der Waals surface area contributed by atoms with Crippen molar-refractivity contribution in [3.8, 4) is 0 Å². The van der Waals surface area contributed by atoms with E-state index in [-0.39, 0.29) is 28.7 Å². The topological polar surface area (TPSA) is 26.3 Å². The first-order chi connectivity index (χ1) is 8.51. The summed E-state index contributed by atoms with van der Waals surface area (Å²) in [6.45, 7) is 4.64. The Bertz CT molecular complexity index is 478. The highest BCUT2D eigenvalue weighted by atomic mass is 19.1. The fraction of sp³-hybridized carbons (Fsp3) is 0.462. The molecule has 1 saturated heterocycles. The SMILES string of the molecule is CCOC[N+]1(c2ccc(F)cc2F)CC(C)C1=O. The lowest BCUT2D eigenvalue weighted by molar-refractivity contribution is -0.153. The van der Waals surface area contributed by atoms with Crippen molar-refractivity contribution in [3.05, 3.63) is 29.8 Å². The van der Waals surface area contributed by atoms with Gasteiger partial charge in [0.2, 0.25) is 0 Å². The third kappa shape index (κ3) is 1.93. The standard InChI is InChI=1S/C13H16F2NO2/c1-3-18-8-16(7-9(2)13(16)17)12-5-4-10(14)6-11(12)15/h4-6,9H,3,7-8H2,1-2H3/q+1. The number of hydrogen-bond acceptors (Lipinski definition) is 2. The van der Waals surface area contributed by atoms with Gasteiger partial charge < -0.3 is 4.74 Å². The molecule has 0 aromatic heterocycles. The van der Waals surface area contributed by atoms with E-state index >= 15 is 0 Å². The fourth-order valence-corrected chi connectivity index (χ4v) is 2.42. The molecular formula is C13H16F2NO2+. The Morgan fingerprint density at radius 1 is 1.44 bits per heavy atom. The van der Waals surface area contributed by atoms with Crippen molar-refractivity contribution in [1.29, 1.82) is 0 Å². The van der Waals surface area contributed by atoms with Gasteiger partial charge in [0.05, 0.1) is 0 Å². The highest BCUT2D eigenvalue weighted by Gasteiger charge is 2.55. The van der Waals surface area contributed by atoms with E-state index in [1.54, 1.807) is 6.92 Å². The predicted octanol–water partition coefficient (Wildman–Crippen LogP) is 2.44. The molecule has 1 aliphatic heterocycles. The van der Waals surface area contributed by atoms with E-state index in [1.165, 1.54) is 12.1 Å². The molecule has 18 heavy (non-hydrogen) atoms. The third-order valence-corrected chi connectivity index (χ3v) is 3.32. The number of nitrogens with zero attached hydrogens (tertiary/aromatic N) is 1. The van der Waals surface area contributed by atoms with Crippen LogP contribution in [0.5, 0.6) is 0 Å². The van der Waals surface area contributed by atoms with Gasteiger partial charge in [0, 0.05) is 18.7 Å². The lowest BCUT2D eigenvalue weighted by Crippen LogP contribution is -2.70. The van der Waals surface area contributed by atoms with Crippen LogP contribution in [0, 0.1) is 17.6 Å². The largest absolute Gasteiger partial charge is 0.331 e. The van der Waals surface area contributed by atoms with Crippen molar-refractivity contribution in [2.75, 3.05) is 19.9 Å². The maximum absolute atomic E-state index is 13.8. The fourth-order valence-electron chi connectivity index (χ4n) is 2.42. The van der Waals surface area contributed by atoms with Gasteiger partial charge in [0.1, 0.15) is 18.3 Å². The van der Waals surface area contributed by atoms with Gasteiger partial charge in [-0.2, -0.15) is 0 Å². The summed E-state index contributed by atoms with van der Waals surface area (Å²) in [5.74, 6) is -1.55. The quantitative estimate of drug-likeness (QED) is 0.611. The molecule has 1 aliphatic rings. The van der Waals surface area contributed by atoms with Crippen molar-refractivity contribution in [1.82, 2.24) is 4.48 Å². The van der Waals surface area contributed by atoms with Gasteiger partial charge in [0.15, 0.2) is 18.2 Å². The van der Waals surface area contributed by atoms with Crippen molar-refractivity contribution < 1.29 is 18.3 Å². The minimum atomic E-state index is -0.699. The van der Waals surface area contributed by atoms with E-state index in [1.807, 2.05) is 6.92 Å². The molecule has 5 heteroatoms. The van der Waals surface area contributed by atoms with Crippen molar-refractivity contribution >= 4 is 11.6 Å². The van der Waals surface area contributed by atoms with E-state index < -0.39 is 11.6 Å². The molecule has 1 heterocycles. The summed E-state index contributed by atoms with van der Waals surface area (Å²) in [6.07, 6.45) is 0. The van der Waals surface area contributed by atoms with Gasteiger partial charge >= 0.3 is 5.91 Å². The number of likely N-dealkylation sites (tertiary alicyclic amines) is 1. The zero-order valence-electron chi connectivity index (χ0n) is 10.5. The van der Waals surface area contributed by atoms with Crippen LogP contribution >= 0.6 is 0 Å². The number of rotatable bonds is 4. The molecule has 2 unspecified atom stereocenters. The van der Waals surface area contributed by atoms with E-state index in [9.17, 15) is 13.6 Å². The predicted molar refractivity (Wildman–Crippen MR) is 63.7 cm³/mol. The summed E-state index contributed by atoms with van der Waals surface area (Å²) in [5.41, 5.74) is 0.188. The van der Waals surface area contributed by atoms with Crippen LogP contribution in [0.1, 0.15) is 13.8 Å². The van der Waals surface area contributed by atoms with Crippen LogP contribution in [0.3, 0.4) is 0 Å². The number of ether oxygens (including phenoxy) is 1. The van der Waals surface area contributed by atoms with Gasteiger partial charge in [-0.3, -0.25) is 0 Å². The number of carbonyl (C=O) groups is 1. The highest BCUT2D eigenvalue weighted by Crippen LogP contribution is 2.37. The van der Waals surface area contributed by atoms with Crippen LogP contribution in [0.25, 0.3) is 0 Å². The van der Waals surface area contributed by atoms with E-state index in [2.05, 4.69) is 0 Å². The molecule has 0 bridgehead atoms. The van der Waals surface area contributed by atoms with Gasteiger partial charge in [-0.1, -0.05) is 0 Å². The van der Waals surface area contributed by atoms with E-state index in [0.29, 0.717) is 13.2 Å². The van der Waals surface area contributed by atoms with Crippen LogP contribution in [-0.2, 0) is 9.53 Å². The van der Waals surface area contributed by atoms with Gasteiger partial charge in [0.25, 0.3) is 0 Å². The number of hydrogen-bond donors (Lipinski definition) is 0. The molecule has 1 aromatic rings. The lowest BCUT2D eigenvalue weighted by atomic mass is 9.95. The summed E-state index contributed by atoms with van der Waals surface area (Å²) in [4.78, 5) is 12.1. The zero-order chi connectivity index (χ0) is 13.3. The van der Waals surface area contributed by atoms with Crippen LogP contribution in [0.2, 0.25) is 0 Å². The van der Waals surface area contributed by atoms with Gasteiger partial charge in [-0.25, -0.2) is 18.1 Å². The second-order valence-electron chi connectivity index (χ2n) is 4.61. The smallest absolute Gasteiger partial charge is 0.329 e. The monoisotopic (exact) mass is 256 g/mol. The van der Waals surface area contributed by atoms with Gasteiger partial charge in [-0.15, -0.1) is 0 Å². The first-order valence-electron chi connectivity index (χ1n) is 5.96. The summed E-state index contributed by atoms with van der Waals surface area (Å²) < 4.78 is 31.9. The zero-order valence-corrected chi connectivity index (χ0v) is 10.5. The average Bonchev–Trinajstić information content (AvgIpc) is 2.34. The highest BCUT2D eigenvalue weighted by molar-refractivity contribution is 5.96. The second-order valence-corrected chi connectivity index (χ2v) is 4.61. The normalized spacial score (nSPS) is 27.1. The summed E-state index contributed by atoms with van der Waals surface area (Å²) in [5, 5.41) is 0. The molecule has 2 atom stereocenters. The second kappa shape index (κ2) is 4.74. The number of β-lactam (4-membered cyclic amide) rings is 1. The number of amides is 1. The molecule has 2 rings (SSSR count). The Morgan fingerprint density at radius 3 is 2.67 bits per heavy atom. The molecular weight excluding hydrogens is 240 g/mol. The molecule has 0 N–H and O–H groups in total. The van der Waals surface area contributed by atoms with Crippen LogP contribution < -0.4 is 4.48 Å². The number of carbonyl (C=O) groups excluding carboxylic acids is 1. The molecule has 1 fully saturated rings. The number of benzene rings is 1. The Balaban J connectivity index is 2.38. The molecule has 0 aliphatic carbocycles. The Morgan fingerprint density at radius 2 is 2.17 bits per heavy atom. The molecule has 1 amide bonds. The number of halogens is 2. The minimum absolute atomic E-state index is 0.0889. The molecule has 1 aromatic carbocycles. The molecule has 0 saturated carbocycles. The van der Waals surface area contributed by atoms with Gasteiger partial charge in [-0.05, 0) is 19.9 Å². The summed E-state index contributed by atoms with van der Waals surface area (Å²) in [7, 11) is 0. The maximum atomic E-state index is 13.8. The Kier molecular flexibility index (Phi) is 3.45. The van der Waals surface area contributed by atoms with E-state index in [4.69, 9.17) is 4.74 Å². The minimum Gasteiger partial charge on any atom is -0.331 e. The molecule has 0 radical (unpaired) electrons. The first kappa shape index (κ1) is 13.1. The van der Waals surface area contributed by atoms with Crippen LogP contribution in [0.4, 0.5) is 14.5 Å². The van der Waals surface area contributed by atoms with Crippen LogP contribution in [-0.4, -0.2) is 25.8 Å². The average molecular weight is 256 g/mol. The lowest BCUT2D eigenvalue weighted by Gasteiger charge is -2.44. The Labute approximate surface area is 105 Å².